The van der Waals surface area contributed by atoms with Gasteiger partial charge >= 0.3 is 0 Å². The highest BCUT2D eigenvalue weighted by Gasteiger charge is 2.56. The van der Waals surface area contributed by atoms with Crippen LogP contribution in [0.5, 0.6) is 0 Å². The molecule has 1 N–H and O–H groups in total. The molecule has 0 aliphatic heterocycles. The Morgan fingerprint density at radius 2 is 1.82 bits per heavy atom. The number of aliphatic hydroxyl groups is 1. The van der Waals surface area contributed by atoms with Gasteiger partial charge < -0.3 is 9.53 Å². The van der Waals surface area contributed by atoms with Gasteiger partial charge in [0.05, 0.1) is 0 Å². The molecule has 3 fully saturated rings. The molecule has 1 radical (unpaired) electrons. The molecule has 0 spiro atoms. The lowest BCUT2D eigenvalue weighted by Gasteiger charge is -2.54. The maximum absolute atomic E-state index is 9.21. The van der Waals surface area contributed by atoms with Crippen molar-refractivity contribution in [1.29, 1.82) is 0 Å². The van der Waals surface area contributed by atoms with Crippen molar-refractivity contribution in [3.8, 4) is 0 Å². The van der Waals surface area contributed by atoms with E-state index in [1.54, 1.807) is 5.57 Å². The van der Waals surface area contributed by atoms with E-state index in [-0.39, 0.29) is 0 Å². The summed E-state index contributed by atoms with van der Waals surface area (Å²) in [6, 6.07) is 0. The van der Waals surface area contributed by atoms with Crippen LogP contribution in [-0.4, -0.2) is 26.9 Å². The minimum absolute atomic E-state index is 0.309. The predicted molar refractivity (Wildman–Crippen MR) is 146 cm³/mol. The number of unbranched alkanes of at least 4 members (excludes halogenated alkanes) is 1. The summed E-state index contributed by atoms with van der Waals surface area (Å²) in [5.74, 6) is 5.40. The Bertz CT molecular complexity index is 709. The fourth-order valence-corrected chi connectivity index (χ4v) is 12.4. The van der Waals surface area contributed by atoms with Crippen LogP contribution in [0.3, 0.4) is 0 Å². The van der Waals surface area contributed by atoms with Crippen molar-refractivity contribution >= 4 is 9.04 Å². The number of hydrogen-bond acceptors (Lipinski definition) is 2. The molecule has 3 saturated carbocycles. The van der Waals surface area contributed by atoms with Gasteiger partial charge in [-0.3, -0.25) is 0 Å². The molecule has 8 atom stereocenters. The van der Waals surface area contributed by atoms with E-state index in [1.165, 1.54) is 64.2 Å². The molecule has 0 amide bonds. The lowest BCUT2D eigenvalue weighted by Crippen LogP contribution is -2.47. The Hall–Kier alpha value is -0.123. The molecule has 0 aromatic heterocycles. The van der Waals surface area contributed by atoms with Crippen molar-refractivity contribution < 1.29 is 9.53 Å². The molecule has 4 aliphatic rings. The van der Waals surface area contributed by atoms with E-state index >= 15 is 0 Å². The Labute approximate surface area is 213 Å². The topological polar surface area (TPSA) is 29.5 Å². The lowest BCUT2D eigenvalue weighted by molar-refractivity contribution is -0.0288. The Morgan fingerprint density at radius 3 is 2.50 bits per heavy atom. The molecule has 2 nitrogen and oxygen atoms in total. The van der Waals surface area contributed by atoms with Crippen LogP contribution >= 0.6 is 0 Å². The van der Waals surface area contributed by atoms with Crippen LogP contribution in [0, 0.1) is 40.9 Å². The van der Waals surface area contributed by atoms with Crippen molar-refractivity contribution in [2.75, 3.05) is 6.61 Å². The summed E-state index contributed by atoms with van der Waals surface area (Å²) in [7, 11) is -0.819. The van der Waals surface area contributed by atoms with Crippen LogP contribution in [0.25, 0.3) is 0 Å². The van der Waals surface area contributed by atoms with E-state index in [9.17, 15) is 5.11 Å². The highest BCUT2D eigenvalue weighted by atomic mass is 28.3. The number of hydrogen-bond donors (Lipinski definition) is 1. The number of allylic oxidation sites excluding steroid dienone is 1. The lowest BCUT2D eigenvalue weighted by atomic mass is 9.51. The molecule has 0 aromatic rings. The average molecular weight is 488 g/mol. The van der Waals surface area contributed by atoms with Crippen LogP contribution in [0.4, 0.5) is 0 Å². The standard InChI is InChI=1S/C31H55O2Si/c1-21(2)34(30(4,5)6)33-24-12-14-25-23(20-24)11-13-27-26(25)17-18-31(7)28(15-16-29(27)31)22(3)10-8-9-19-32/h11,21-22,24-29,32H,8-10,12-20H2,1-7H3/t22-,24+,25?,26-,27-,28-,29+,31-/m1/s1. The minimum Gasteiger partial charge on any atom is -0.413 e. The van der Waals surface area contributed by atoms with Crippen LogP contribution in [0.2, 0.25) is 10.6 Å². The van der Waals surface area contributed by atoms with E-state index in [2.05, 4.69) is 54.5 Å². The molecular weight excluding hydrogens is 432 g/mol. The zero-order valence-electron chi connectivity index (χ0n) is 23.5. The third-order valence-corrected chi connectivity index (χ3v) is 13.9. The number of fused-ring (bicyclic) bond motifs is 5. The third-order valence-electron chi connectivity index (χ3n) is 10.8. The van der Waals surface area contributed by atoms with Crippen LogP contribution in [0.15, 0.2) is 11.6 Å². The van der Waals surface area contributed by atoms with Crippen molar-refractivity contribution in [2.45, 2.75) is 136 Å². The van der Waals surface area contributed by atoms with E-state index in [0.29, 0.717) is 28.7 Å². The van der Waals surface area contributed by atoms with Gasteiger partial charge in [-0.05, 0) is 109 Å². The molecule has 4 aliphatic carbocycles. The van der Waals surface area contributed by atoms with E-state index in [0.717, 1.165) is 41.9 Å². The summed E-state index contributed by atoms with van der Waals surface area (Å²) in [6.45, 7) is 17.5. The first-order valence-electron chi connectivity index (χ1n) is 14.9. The molecule has 0 saturated heterocycles. The Morgan fingerprint density at radius 1 is 1.06 bits per heavy atom. The minimum atomic E-state index is -0.819. The van der Waals surface area contributed by atoms with E-state index in [1.807, 2.05) is 0 Å². The van der Waals surface area contributed by atoms with Gasteiger partial charge in [-0.15, -0.1) is 0 Å². The number of aliphatic hydroxyl groups excluding tert-OH is 1. The zero-order chi connectivity index (χ0) is 24.7. The SMILES string of the molecule is CC(C)[Si](O[C@H]1CCC2C(=CC[C@@H]3[C@@H]2CC[C@]2(C)[C@@H]([C@H](C)CCCCO)CC[C@@H]32)C1)C(C)(C)C. The van der Waals surface area contributed by atoms with E-state index in [4.69, 9.17) is 4.43 Å². The molecule has 3 heteroatoms. The van der Waals surface area contributed by atoms with Crippen LogP contribution < -0.4 is 0 Å². The van der Waals surface area contributed by atoms with Gasteiger partial charge in [-0.2, -0.15) is 0 Å². The van der Waals surface area contributed by atoms with E-state index < -0.39 is 9.04 Å². The molecule has 0 aromatic carbocycles. The molecule has 0 bridgehead atoms. The highest BCUT2D eigenvalue weighted by Crippen LogP contribution is 2.64. The third kappa shape index (κ3) is 5.28. The van der Waals surface area contributed by atoms with Gasteiger partial charge in [0.1, 0.15) is 0 Å². The van der Waals surface area contributed by atoms with Crippen LogP contribution in [-0.2, 0) is 4.43 Å². The van der Waals surface area contributed by atoms with Gasteiger partial charge in [-0.25, -0.2) is 0 Å². The maximum Gasteiger partial charge on any atom is 0.220 e. The summed E-state index contributed by atoms with van der Waals surface area (Å²) in [5, 5.41) is 9.52. The normalized spacial score (nSPS) is 38.9. The zero-order valence-corrected chi connectivity index (χ0v) is 24.5. The van der Waals surface area contributed by atoms with Crippen molar-refractivity contribution in [3.05, 3.63) is 11.6 Å². The fraction of sp³-hybridized carbons (Fsp3) is 0.935. The Kier molecular flexibility index (Phi) is 8.47. The first-order chi connectivity index (χ1) is 16.1. The smallest absolute Gasteiger partial charge is 0.220 e. The summed E-state index contributed by atoms with van der Waals surface area (Å²) in [4.78, 5) is 0. The molecular formula is C31H55O2Si. The first kappa shape index (κ1) is 26.9. The molecule has 195 valence electrons. The molecule has 1 unspecified atom stereocenters. The fourth-order valence-electron chi connectivity index (χ4n) is 9.45. The van der Waals surface area contributed by atoms with Crippen molar-refractivity contribution in [3.63, 3.8) is 0 Å². The second-order valence-electron chi connectivity index (χ2n) is 14.3. The Balaban J connectivity index is 1.41. The van der Waals surface area contributed by atoms with Crippen molar-refractivity contribution in [2.24, 2.45) is 40.9 Å². The maximum atomic E-state index is 9.21. The molecule has 4 rings (SSSR count). The second-order valence-corrected chi connectivity index (χ2v) is 17.9. The van der Waals surface area contributed by atoms with Gasteiger partial charge in [-0.1, -0.05) is 73.0 Å². The monoisotopic (exact) mass is 487 g/mol. The summed E-state index contributed by atoms with van der Waals surface area (Å²) < 4.78 is 6.91. The largest absolute Gasteiger partial charge is 0.413 e. The summed E-state index contributed by atoms with van der Waals surface area (Å²) >= 11 is 0. The van der Waals surface area contributed by atoms with Gasteiger partial charge in [0.25, 0.3) is 0 Å². The van der Waals surface area contributed by atoms with Gasteiger partial charge in [0.2, 0.25) is 9.04 Å². The number of rotatable bonds is 8. The highest BCUT2D eigenvalue weighted by molar-refractivity contribution is 6.56. The van der Waals surface area contributed by atoms with Gasteiger partial charge in [0.15, 0.2) is 0 Å². The molecule has 0 heterocycles. The van der Waals surface area contributed by atoms with Crippen molar-refractivity contribution in [1.82, 2.24) is 0 Å². The second kappa shape index (κ2) is 10.7. The van der Waals surface area contributed by atoms with Gasteiger partial charge in [0, 0.05) is 12.7 Å². The quantitative estimate of drug-likeness (QED) is 0.211. The predicted octanol–water partition coefficient (Wildman–Crippen LogP) is 8.56. The summed E-state index contributed by atoms with van der Waals surface area (Å²) in [5.41, 5.74) is 3.02. The average Bonchev–Trinajstić information content (AvgIpc) is 3.13. The molecule has 34 heavy (non-hydrogen) atoms. The van der Waals surface area contributed by atoms with Crippen LogP contribution in [0.1, 0.15) is 119 Å². The summed E-state index contributed by atoms with van der Waals surface area (Å²) in [6.07, 6.45) is 17.8. The first-order valence-corrected chi connectivity index (χ1v) is 16.4.